The summed E-state index contributed by atoms with van der Waals surface area (Å²) in [7, 11) is -4.11. The third-order valence-corrected chi connectivity index (χ3v) is 4.91. The minimum Gasteiger partial charge on any atom is -0.391 e. The fourth-order valence-electron chi connectivity index (χ4n) is 1.59. The maximum Gasteiger partial charge on any atom is 0.243 e. The third-order valence-electron chi connectivity index (χ3n) is 2.61. The van der Waals surface area contributed by atoms with Crippen molar-refractivity contribution in [2.24, 2.45) is 0 Å². The van der Waals surface area contributed by atoms with Crippen LogP contribution >= 0.6 is 11.3 Å². The first-order valence-electron chi connectivity index (χ1n) is 5.55. The van der Waals surface area contributed by atoms with E-state index in [-0.39, 0.29) is 6.54 Å². The normalized spacial score (nSPS) is 11.8. The molecule has 0 bridgehead atoms. The Labute approximate surface area is 118 Å². The Morgan fingerprint density at radius 1 is 1.25 bits per heavy atom. The first kappa shape index (κ1) is 15.0. The number of aliphatic hydroxyl groups excluding tert-OH is 1. The average Bonchev–Trinajstić information content (AvgIpc) is 2.90. The zero-order valence-electron chi connectivity index (χ0n) is 10.1. The van der Waals surface area contributed by atoms with E-state index >= 15 is 0 Å². The van der Waals surface area contributed by atoms with Crippen LogP contribution in [0.25, 0.3) is 0 Å². The Morgan fingerprint density at radius 3 is 2.60 bits per heavy atom. The lowest BCUT2D eigenvalue weighted by Gasteiger charge is -2.09. The Balaban J connectivity index is 2.30. The summed E-state index contributed by atoms with van der Waals surface area (Å²) in [5, 5.41) is 10.7. The molecule has 0 aliphatic carbocycles. The monoisotopic (exact) mass is 319 g/mol. The van der Waals surface area contributed by atoms with Crippen LogP contribution in [-0.4, -0.2) is 13.5 Å². The first-order chi connectivity index (χ1) is 9.45. The molecule has 8 heteroatoms. The van der Waals surface area contributed by atoms with Crippen LogP contribution in [0.3, 0.4) is 0 Å². The second kappa shape index (κ2) is 5.96. The van der Waals surface area contributed by atoms with E-state index in [9.17, 15) is 17.2 Å². The molecule has 2 N–H and O–H groups in total. The van der Waals surface area contributed by atoms with Crippen LogP contribution in [0.4, 0.5) is 8.78 Å². The minimum atomic E-state index is -4.11. The molecule has 0 aliphatic rings. The number of nitrogens with one attached hydrogen (secondary N) is 1. The number of benzene rings is 1. The van der Waals surface area contributed by atoms with Crippen molar-refractivity contribution in [1.29, 1.82) is 0 Å². The molecule has 0 unspecified atom stereocenters. The second-order valence-electron chi connectivity index (χ2n) is 3.90. The first-order valence-corrected chi connectivity index (χ1v) is 7.92. The molecule has 1 aromatic heterocycles. The molecule has 0 aliphatic heterocycles. The standard InChI is InChI=1S/C12H11F2NO3S2/c13-10-3-4-11(12(14)9(10)7-16)20(17,18)15-6-8-2-1-5-19-8/h1-5,15-16H,6-7H2. The summed E-state index contributed by atoms with van der Waals surface area (Å²) in [6.07, 6.45) is 0. The van der Waals surface area contributed by atoms with E-state index in [0.717, 1.165) is 17.0 Å². The van der Waals surface area contributed by atoms with Crippen molar-refractivity contribution in [1.82, 2.24) is 4.72 Å². The number of rotatable bonds is 5. The number of hydrogen-bond donors (Lipinski definition) is 2. The van der Waals surface area contributed by atoms with Gasteiger partial charge in [-0.25, -0.2) is 21.9 Å². The van der Waals surface area contributed by atoms with Gasteiger partial charge in [0.25, 0.3) is 0 Å². The number of sulfonamides is 1. The highest BCUT2D eigenvalue weighted by Crippen LogP contribution is 2.21. The number of aliphatic hydroxyl groups is 1. The molecular formula is C12H11F2NO3S2. The van der Waals surface area contributed by atoms with Crippen molar-refractivity contribution in [3.63, 3.8) is 0 Å². The van der Waals surface area contributed by atoms with E-state index < -0.39 is 38.7 Å². The summed E-state index contributed by atoms with van der Waals surface area (Å²) in [4.78, 5) is 0.0815. The fraction of sp³-hybridized carbons (Fsp3) is 0.167. The van der Waals surface area contributed by atoms with Crippen molar-refractivity contribution in [3.05, 3.63) is 51.7 Å². The van der Waals surface area contributed by atoms with Gasteiger partial charge in [-0.15, -0.1) is 11.3 Å². The second-order valence-corrected chi connectivity index (χ2v) is 6.67. The molecular weight excluding hydrogens is 308 g/mol. The largest absolute Gasteiger partial charge is 0.391 e. The van der Waals surface area contributed by atoms with E-state index in [1.807, 2.05) is 0 Å². The molecule has 0 radical (unpaired) electrons. The van der Waals surface area contributed by atoms with Gasteiger partial charge < -0.3 is 5.11 Å². The molecule has 0 saturated carbocycles. The third kappa shape index (κ3) is 3.04. The molecule has 0 saturated heterocycles. The number of halogens is 2. The fourth-order valence-corrected chi connectivity index (χ4v) is 3.43. The predicted octanol–water partition coefficient (Wildman–Crippen LogP) is 2.00. The minimum absolute atomic E-state index is 0.0191. The van der Waals surface area contributed by atoms with Gasteiger partial charge in [0.1, 0.15) is 10.7 Å². The van der Waals surface area contributed by atoms with E-state index in [1.165, 1.54) is 11.3 Å². The topological polar surface area (TPSA) is 66.4 Å². The van der Waals surface area contributed by atoms with Crippen LogP contribution in [0.15, 0.2) is 34.5 Å². The van der Waals surface area contributed by atoms with Crippen LogP contribution in [0.5, 0.6) is 0 Å². The number of hydrogen-bond acceptors (Lipinski definition) is 4. The van der Waals surface area contributed by atoms with Gasteiger partial charge in [0.2, 0.25) is 10.0 Å². The van der Waals surface area contributed by atoms with Gasteiger partial charge >= 0.3 is 0 Å². The molecule has 2 rings (SSSR count). The Kier molecular flexibility index (Phi) is 4.48. The maximum atomic E-state index is 13.9. The highest BCUT2D eigenvalue weighted by molar-refractivity contribution is 7.89. The summed E-state index contributed by atoms with van der Waals surface area (Å²) in [5.74, 6) is -2.26. The van der Waals surface area contributed by atoms with Crippen LogP contribution in [0.2, 0.25) is 0 Å². The van der Waals surface area contributed by atoms with Crippen molar-refractivity contribution in [2.75, 3.05) is 0 Å². The van der Waals surface area contributed by atoms with E-state index in [4.69, 9.17) is 5.11 Å². The van der Waals surface area contributed by atoms with Gasteiger partial charge in [0.15, 0.2) is 5.82 Å². The zero-order valence-corrected chi connectivity index (χ0v) is 11.8. The quantitative estimate of drug-likeness (QED) is 0.886. The van der Waals surface area contributed by atoms with Crippen molar-refractivity contribution in [2.45, 2.75) is 18.0 Å². The Bertz CT molecular complexity index is 700. The van der Waals surface area contributed by atoms with Crippen LogP contribution in [0.1, 0.15) is 10.4 Å². The average molecular weight is 319 g/mol. The van der Waals surface area contributed by atoms with Crippen LogP contribution < -0.4 is 4.72 Å². The summed E-state index contributed by atoms with van der Waals surface area (Å²) in [6, 6.07) is 5.14. The predicted molar refractivity (Wildman–Crippen MR) is 70.6 cm³/mol. The zero-order chi connectivity index (χ0) is 14.8. The molecule has 2 aromatic rings. The van der Waals surface area contributed by atoms with Gasteiger partial charge in [-0.3, -0.25) is 0 Å². The summed E-state index contributed by atoms with van der Waals surface area (Å²) >= 11 is 1.35. The van der Waals surface area contributed by atoms with Gasteiger partial charge in [-0.2, -0.15) is 0 Å². The van der Waals surface area contributed by atoms with E-state index in [2.05, 4.69) is 4.72 Å². The highest BCUT2D eigenvalue weighted by atomic mass is 32.2. The number of thiophene rings is 1. The summed E-state index contributed by atoms with van der Waals surface area (Å²) < 4.78 is 53.3. The van der Waals surface area contributed by atoms with Crippen LogP contribution in [-0.2, 0) is 23.2 Å². The molecule has 0 spiro atoms. The molecule has 4 nitrogen and oxygen atoms in total. The van der Waals surface area contributed by atoms with Gasteiger partial charge in [0.05, 0.1) is 12.2 Å². The smallest absolute Gasteiger partial charge is 0.243 e. The lowest BCUT2D eigenvalue weighted by atomic mass is 10.2. The van der Waals surface area contributed by atoms with Gasteiger partial charge in [-0.05, 0) is 23.6 Å². The molecule has 1 heterocycles. The van der Waals surface area contributed by atoms with Crippen molar-refractivity contribution >= 4 is 21.4 Å². The molecule has 1 aromatic carbocycles. The SMILES string of the molecule is O=S(=O)(NCc1cccs1)c1ccc(F)c(CO)c1F. The molecule has 20 heavy (non-hydrogen) atoms. The highest BCUT2D eigenvalue weighted by Gasteiger charge is 2.23. The van der Waals surface area contributed by atoms with Crippen molar-refractivity contribution in [3.8, 4) is 0 Å². The Morgan fingerprint density at radius 2 is 2.00 bits per heavy atom. The lowest BCUT2D eigenvalue weighted by molar-refractivity contribution is 0.267. The maximum absolute atomic E-state index is 13.9. The Hall–Kier alpha value is -1.35. The van der Waals surface area contributed by atoms with Gasteiger partial charge in [-0.1, -0.05) is 6.07 Å². The molecule has 0 atom stereocenters. The van der Waals surface area contributed by atoms with Gasteiger partial charge in [0, 0.05) is 11.4 Å². The molecule has 108 valence electrons. The van der Waals surface area contributed by atoms with Crippen LogP contribution in [0, 0.1) is 11.6 Å². The van der Waals surface area contributed by atoms with E-state index in [0.29, 0.717) is 0 Å². The molecule has 0 fully saturated rings. The molecule has 0 amide bonds. The van der Waals surface area contributed by atoms with Crippen molar-refractivity contribution < 1.29 is 22.3 Å². The summed E-state index contributed by atoms with van der Waals surface area (Å²) in [6.45, 7) is -0.892. The lowest BCUT2D eigenvalue weighted by Crippen LogP contribution is -2.24. The van der Waals surface area contributed by atoms with E-state index in [1.54, 1.807) is 17.5 Å². The summed E-state index contributed by atoms with van der Waals surface area (Å²) in [5.41, 5.74) is -0.663.